The summed E-state index contributed by atoms with van der Waals surface area (Å²) in [6, 6.07) is 7.77. The molecule has 1 aliphatic rings. The standard InChI is InChI=1S/C22H26ClN3O4S2/c1-4-29-20(27)17-14(3)18(21(28)30-5-2)32-19(17)24-22(31)26-12-10-25(11-13-26)16-8-6-15(23)7-9-16/h6-9H,4-5,10-13H2,1-3H3,(H,24,31). The van der Waals surface area contributed by atoms with Crippen LogP contribution in [-0.4, -0.2) is 61.3 Å². The van der Waals surface area contributed by atoms with Gasteiger partial charge in [0.1, 0.15) is 9.88 Å². The fourth-order valence-corrected chi connectivity index (χ4v) is 5.00. The van der Waals surface area contributed by atoms with E-state index < -0.39 is 11.9 Å². The SMILES string of the molecule is CCOC(=O)c1sc(NC(=S)N2CCN(c3ccc(Cl)cc3)CC2)c(C(=O)OCC)c1C. The van der Waals surface area contributed by atoms with Crippen LogP contribution in [0.4, 0.5) is 10.7 Å². The highest BCUT2D eigenvalue weighted by Gasteiger charge is 2.28. The van der Waals surface area contributed by atoms with Crippen LogP contribution in [0.2, 0.25) is 5.02 Å². The van der Waals surface area contributed by atoms with E-state index in [-0.39, 0.29) is 13.2 Å². The lowest BCUT2D eigenvalue weighted by Crippen LogP contribution is -2.50. The molecule has 1 aromatic heterocycles. The number of thiocarbonyl (C=S) groups is 1. The van der Waals surface area contributed by atoms with Crippen LogP contribution in [0.3, 0.4) is 0 Å². The Labute approximate surface area is 202 Å². The van der Waals surface area contributed by atoms with Crippen LogP contribution < -0.4 is 10.2 Å². The smallest absolute Gasteiger partial charge is 0.348 e. The summed E-state index contributed by atoms with van der Waals surface area (Å²) in [5.74, 6) is -0.953. The van der Waals surface area contributed by atoms with E-state index in [2.05, 4.69) is 15.1 Å². The molecule has 0 aliphatic carbocycles. The second-order valence-electron chi connectivity index (χ2n) is 7.08. The number of ether oxygens (including phenoxy) is 2. The molecule has 0 saturated carbocycles. The molecule has 10 heteroatoms. The van der Waals surface area contributed by atoms with Crippen LogP contribution in [0.1, 0.15) is 39.4 Å². The minimum Gasteiger partial charge on any atom is -0.462 e. The van der Waals surface area contributed by atoms with E-state index in [4.69, 9.17) is 33.3 Å². The van der Waals surface area contributed by atoms with E-state index in [1.807, 2.05) is 24.3 Å². The number of carbonyl (C=O) groups excluding carboxylic acids is 2. The summed E-state index contributed by atoms with van der Waals surface area (Å²) in [5, 5.41) is 4.88. The van der Waals surface area contributed by atoms with E-state index in [1.165, 1.54) is 0 Å². The second kappa shape index (κ2) is 11.0. The number of esters is 2. The van der Waals surface area contributed by atoms with Gasteiger partial charge >= 0.3 is 11.9 Å². The van der Waals surface area contributed by atoms with Gasteiger partial charge in [-0.3, -0.25) is 0 Å². The Hall–Kier alpha value is -2.36. The summed E-state index contributed by atoms with van der Waals surface area (Å²) in [6.45, 7) is 8.72. The molecule has 1 N–H and O–H groups in total. The van der Waals surface area contributed by atoms with Gasteiger partial charge in [0.25, 0.3) is 0 Å². The maximum atomic E-state index is 12.6. The molecule has 1 aliphatic heterocycles. The van der Waals surface area contributed by atoms with Crippen LogP contribution in [0.15, 0.2) is 24.3 Å². The molecule has 7 nitrogen and oxygen atoms in total. The zero-order chi connectivity index (χ0) is 23.3. The molecule has 2 heterocycles. The van der Waals surface area contributed by atoms with Gasteiger partial charge in [0, 0.05) is 36.9 Å². The highest BCUT2D eigenvalue weighted by Crippen LogP contribution is 2.34. The van der Waals surface area contributed by atoms with Gasteiger partial charge in [-0.25, -0.2) is 9.59 Å². The van der Waals surface area contributed by atoms with Gasteiger partial charge in [-0.05, 0) is 62.8 Å². The average molecular weight is 496 g/mol. The van der Waals surface area contributed by atoms with Crippen molar-refractivity contribution in [1.29, 1.82) is 0 Å². The quantitative estimate of drug-likeness (QED) is 0.461. The number of thiophene rings is 1. The third-order valence-corrected chi connectivity index (χ3v) is 6.87. The van der Waals surface area contributed by atoms with Crippen LogP contribution >= 0.6 is 35.2 Å². The van der Waals surface area contributed by atoms with Crippen LogP contribution in [-0.2, 0) is 9.47 Å². The van der Waals surface area contributed by atoms with Crippen molar-refractivity contribution in [2.24, 2.45) is 0 Å². The van der Waals surface area contributed by atoms with Gasteiger partial charge in [-0.1, -0.05) is 11.6 Å². The zero-order valence-electron chi connectivity index (χ0n) is 18.3. The minimum absolute atomic E-state index is 0.236. The van der Waals surface area contributed by atoms with E-state index in [0.717, 1.165) is 43.2 Å². The summed E-state index contributed by atoms with van der Waals surface area (Å²) >= 11 is 12.8. The van der Waals surface area contributed by atoms with E-state index in [0.29, 0.717) is 31.1 Å². The first kappa shape index (κ1) is 24.3. The summed E-state index contributed by atoms with van der Waals surface area (Å²) in [6.07, 6.45) is 0. The number of piperazine rings is 1. The molecule has 32 heavy (non-hydrogen) atoms. The molecule has 0 unspecified atom stereocenters. The number of carbonyl (C=O) groups is 2. The van der Waals surface area contributed by atoms with Gasteiger partial charge in [-0.15, -0.1) is 11.3 Å². The maximum absolute atomic E-state index is 12.6. The lowest BCUT2D eigenvalue weighted by atomic mass is 10.1. The Morgan fingerprint density at radius 2 is 1.66 bits per heavy atom. The fourth-order valence-electron chi connectivity index (χ4n) is 3.44. The van der Waals surface area contributed by atoms with Gasteiger partial charge in [0.05, 0.1) is 18.8 Å². The third-order valence-electron chi connectivity index (χ3n) is 5.07. The van der Waals surface area contributed by atoms with Crippen LogP contribution in [0.5, 0.6) is 0 Å². The lowest BCUT2D eigenvalue weighted by Gasteiger charge is -2.37. The molecule has 0 bridgehead atoms. The van der Waals surface area contributed by atoms with Crippen LogP contribution in [0.25, 0.3) is 0 Å². The summed E-state index contributed by atoms with van der Waals surface area (Å²) in [4.78, 5) is 29.6. The third kappa shape index (κ3) is 5.51. The Morgan fingerprint density at radius 3 is 2.25 bits per heavy atom. The second-order valence-corrected chi connectivity index (χ2v) is 8.93. The number of nitrogens with one attached hydrogen (secondary N) is 1. The highest BCUT2D eigenvalue weighted by molar-refractivity contribution is 7.80. The summed E-state index contributed by atoms with van der Waals surface area (Å²) < 4.78 is 10.3. The van der Waals surface area contributed by atoms with Crippen molar-refractivity contribution < 1.29 is 19.1 Å². The number of anilines is 2. The molecule has 1 aromatic carbocycles. The Kier molecular flexibility index (Phi) is 8.33. The number of hydrogen-bond acceptors (Lipinski definition) is 7. The van der Waals surface area contributed by atoms with Crippen molar-refractivity contribution in [3.05, 3.63) is 45.3 Å². The van der Waals surface area contributed by atoms with Crippen molar-refractivity contribution in [3.63, 3.8) is 0 Å². The number of nitrogens with zero attached hydrogens (tertiary/aromatic N) is 2. The molecule has 0 amide bonds. The van der Waals surface area contributed by atoms with Crippen molar-refractivity contribution in [2.75, 3.05) is 49.6 Å². The minimum atomic E-state index is -0.491. The average Bonchev–Trinajstić information content (AvgIpc) is 3.10. The van der Waals surface area contributed by atoms with Gasteiger partial charge in [0.2, 0.25) is 0 Å². The molecule has 1 fully saturated rings. The van der Waals surface area contributed by atoms with E-state index in [9.17, 15) is 9.59 Å². The van der Waals surface area contributed by atoms with Gasteiger partial charge < -0.3 is 24.6 Å². The predicted octanol–water partition coefficient (Wildman–Crippen LogP) is 4.58. The first-order valence-electron chi connectivity index (χ1n) is 10.4. The molecule has 0 spiro atoms. The monoisotopic (exact) mass is 495 g/mol. The van der Waals surface area contributed by atoms with Crippen molar-refractivity contribution in [2.45, 2.75) is 20.8 Å². The normalized spacial score (nSPS) is 13.6. The molecule has 3 rings (SSSR count). The molecule has 172 valence electrons. The van der Waals surface area contributed by atoms with E-state index >= 15 is 0 Å². The number of halogens is 1. The maximum Gasteiger partial charge on any atom is 0.348 e. The molecule has 0 radical (unpaired) electrons. The molecule has 0 atom stereocenters. The number of benzene rings is 1. The van der Waals surface area contributed by atoms with Crippen LogP contribution in [0, 0.1) is 6.92 Å². The van der Waals surface area contributed by atoms with Gasteiger partial charge in [-0.2, -0.15) is 0 Å². The zero-order valence-corrected chi connectivity index (χ0v) is 20.7. The van der Waals surface area contributed by atoms with Crippen molar-refractivity contribution in [1.82, 2.24) is 4.90 Å². The predicted molar refractivity (Wildman–Crippen MR) is 132 cm³/mol. The number of rotatable bonds is 6. The fraction of sp³-hybridized carbons (Fsp3) is 0.409. The Balaban J connectivity index is 1.72. The molecular weight excluding hydrogens is 470 g/mol. The largest absolute Gasteiger partial charge is 0.462 e. The summed E-state index contributed by atoms with van der Waals surface area (Å²) in [7, 11) is 0. The molecular formula is C22H26ClN3O4S2. The first-order chi connectivity index (χ1) is 15.3. The highest BCUT2D eigenvalue weighted by atomic mass is 35.5. The summed E-state index contributed by atoms with van der Waals surface area (Å²) in [5.41, 5.74) is 1.97. The topological polar surface area (TPSA) is 71.1 Å². The molecule has 1 saturated heterocycles. The Morgan fingerprint density at radius 1 is 1.06 bits per heavy atom. The molecule has 2 aromatic rings. The van der Waals surface area contributed by atoms with E-state index in [1.54, 1.807) is 20.8 Å². The van der Waals surface area contributed by atoms with Crippen molar-refractivity contribution >= 4 is 62.9 Å². The first-order valence-corrected chi connectivity index (χ1v) is 12.0. The Bertz CT molecular complexity index is 986. The lowest BCUT2D eigenvalue weighted by molar-refractivity contribution is 0.0527. The van der Waals surface area contributed by atoms with Crippen molar-refractivity contribution in [3.8, 4) is 0 Å². The number of hydrogen-bond donors (Lipinski definition) is 1. The van der Waals surface area contributed by atoms with Gasteiger partial charge in [0.15, 0.2) is 5.11 Å².